The van der Waals surface area contributed by atoms with Crippen LogP contribution in [0.5, 0.6) is 0 Å². The van der Waals surface area contributed by atoms with Gasteiger partial charge in [0.2, 0.25) is 0 Å². The van der Waals surface area contributed by atoms with E-state index in [-0.39, 0.29) is 0 Å². The molecule has 0 aliphatic rings. The molecule has 0 aliphatic heterocycles. The van der Waals surface area contributed by atoms with E-state index < -0.39 is 0 Å². The van der Waals surface area contributed by atoms with Crippen molar-refractivity contribution >= 4 is 0 Å². The van der Waals surface area contributed by atoms with E-state index in [4.69, 9.17) is 0 Å². The Balaban J connectivity index is 3.35. The lowest BCUT2D eigenvalue weighted by molar-refractivity contribution is 0.473. The van der Waals surface area contributed by atoms with Gasteiger partial charge < -0.3 is 5.32 Å². The number of rotatable bonds is 6. The molecule has 0 aromatic carbocycles. The highest BCUT2D eigenvalue weighted by atomic mass is 14.9. The van der Waals surface area contributed by atoms with Gasteiger partial charge in [0.15, 0.2) is 0 Å². The minimum Gasteiger partial charge on any atom is -0.317 e. The van der Waals surface area contributed by atoms with Crippen molar-refractivity contribution in [2.45, 2.75) is 52.0 Å². The van der Waals surface area contributed by atoms with E-state index in [1.165, 1.54) is 25.7 Å². The summed E-state index contributed by atoms with van der Waals surface area (Å²) in [5, 5.41) is 3.33. The highest BCUT2D eigenvalue weighted by Crippen LogP contribution is 2.05. The summed E-state index contributed by atoms with van der Waals surface area (Å²) in [5.74, 6) is 6.01. The van der Waals surface area contributed by atoms with Crippen LogP contribution in [-0.2, 0) is 0 Å². The quantitative estimate of drug-likeness (QED) is 0.473. The topological polar surface area (TPSA) is 12.0 Å². The maximum atomic E-state index is 3.33. The molecule has 0 aromatic rings. The highest BCUT2D eigenvalue weighted by molar-refractivity contribution is 4.94. The molecule has 12 heavy (non-hydrogen) atoms. The molecule has 0 spiro atoms. The second-order valence-electron chi connectivity index (χ2n) is 3.09. The van der Waals surface area contributed by atoms with Crippen molar-refractivity contribution < 1.29 is 0 Å². The van der Waals surface area contributed by atoms with Crippen LogP contribution in [0.3, 0.4) is 0 Å². The van der Waals surface area contributed by atoms with E-state index in [1.54, 1.807) is 0 Å². The lowest BCUT2D eigenvalue weighted by Crippen LogP contribution is -2.24. The summed E-state index contributed by atoms with van der Waals surface area (Å²) >= 11 is 0. The predicted molar refractivity (Wildman–Crippen MR) is 55.1 cm³/mol. The van der Waals surface area contributed by atoms with Gasteiger partial charge in [-0.1, -0.05) is 13.3 Å². The van der Waals surface area contributed by atoms with Gasteiger partial charge >= 0.3 is 0 Å². The van der Waals surface area contributed by atoms with E-state index in [2.05, 4.69) is 24.1 Å². The smallest absolute Gasteiger partial charge is 0.00891 e. The van der Waals surface area contributed by atoms with E-state index >= 15 is 0 Å². The fourth-order valence-corrected chi connectivity index (χ4v) is 1.34. The summed E-state index contributed by atoms with van der Waals surface area (Å²) in [5.41, 5.74) is 0. The van der Waals surface area contributed by atoms with Crippen molar-refractivity contribution in [3.05, 3.63) is 0 Å². The number of nitrogens with one attached hydrogen (secondary N) is 1. The second kappa shape index (κ2) is 8.62. The molecular weight excluding hydrogens is 146 g/mol. The number of hydrogen-bond donors (Lipinski definition) is 1. The molecular formula is C11H21N. The Labute approximate surface area is 76.9 Å². The first-order chi connectivity index (χ1) is 5.85. The van der Waals surface area contributed by atoms with Crippen LogP contribution in [0.25, 0.3) is 0 Å². The van der Waals surface area contributed by atoms with Crippen LogP contribution in [-0.4, -0.2) is 13.1 Å². The number of hydrogen-bond acceptors (Lipinski definition) is 1. The first-order valence-corrected chi connectivity index (χ1v) is 4.92. The molecule has 0 rings (SSSR count). The molecule has 1 unspecified atom stereocenters. The van der Waals surface area contributed by atoms with Crippen LogP contribution in [0, 0.1) is 11.8 Å². The third-order valence-corrected chi connectivity index (χ3v) is 2.08. The fourth-order valence-electron chi connectivity index (χ4n) is 1.34. The molecule has 0 amide bonds. The SMILES string of the molecule is CC#CCCCC(CCC)NC. The monoisotopic (exact) mass is 167 g/mol. The maximum Gasteiger partial charge on any atom is 0.00891 e. The van der Waals surface area contributed by atoms with E-state index in [1.807, 2.05) is 14.0 Å². The Morgan fingerprint density at radius 3 is 2.58 bits per heavy atom. The normalized spacial score (nSPS) is 11.9. The highest BCUT2D eigenvalue weighted by Gasteiger charge is 2.02. The van der Waals surface area contributed by atoms with Crippen molar-refractivity contribution in [1.29, 1.82) is 0 Å². The first-order valence-electron chi connectivity index (χ1n) is 4.92. The molecule has 0 radical (unpaired) electrons. The van der Waals surface area contributed by atoms with Crippen molar-refractivity contribution in [3.63, 3.8) is 0 Å². The minimum absolute atomic E-state index is 0.702. The van der Waals surface area contributed by atoms with E-state index in [9.17, 15) is 0 Å². The molecule has 1 heteroatoms. The molecule has 0 saturated heterocycles. The van der Waals surface area contributed by atoms with Crippen LogP contribution in [0.2, 0.25) is 0 Å². The molecule has 0 bridgehead atoms. The zero-order chi connectivity index (χ0) is 9.23. The van der Waals surface area contributed by atoms with Gasteiger partial charge in [0, 0.05) is 12.5 Å². The van der Waals surface area contributed by atoms with Gasteiger partial charge in [0.1, 0.15) is 0 Å². The van der Waals surface area contributed by atoms with Crippen LogP contribution in [0.1, 0.15) is 46.0 Å². The Hall–Kier alpha value is -0.480. The zero-order valence-electron chi connectivity index (χ0n) is 8.61. The summed E-state index contributed by atoms with van der Waals surface area (Å²) in [6, 6.07) is 0.702. The van der Waals surface area contributed by atoms with Crippen LogP contribution in [0.15, 0.2) is 0 Å². The van der Waals surface area contributed by atoms with Gasteiger partial charge in [-0.25, -0.2) is 0 Å². The summed E-state index contributed by atoms with van der Waals surface area (Å²) < 4.78 is 0. The molecule has 1 N–H and O–H groups in total. The zero-order valence-corrected chi connectivity index (χ0v) is 8.61. The largest absolute Gasteiger partial charge is 0.317 e. The molecule has 0 aromatic heterocycles. The van der Waals surface area contributed by atoms with Crippen LogP contribution < -0.4 is 5.32 Å². The molecule has 0 heterocycles. The number of unbranched alkanes of at least 4 members (excludes halogenated alkanes) is 1. The lowest BCUT2D eigenvalue weighted by Gasteiger charge is -2.13. The molecule has 1 atom stereocenters. The van der Waals surface area contributed by atoms with Crippen molar-refractivity contribution in [3.8, 4) is 11.8 Å². The Morgan fingerprint density at radius 1 is 1.33 bits per heavy atom. The standard InChI is InChI=1S/C11H21N/c1-4-6-7-8-10-11(12-3)9-5-2/h11-12H,5,7-10H2,1-3H3. The summed E-state index contributed by atoms with van der Waals surface area (Å²) in [7, 11) is 2.05. The minimum atomic E-state index is 0.702. The Morgan fingerprint density at radius 2 is 2.08 bits per heavy atom. The average molecular weight is 167 g/mol. The molecule has 0 fully saturated rings. The molecule has 1 nitrogen and oxygen atoms in total. The third-order valence-electron chi connectivity index (χ3n) is 2.08. The van der Waals surface area contributed by atoms with Gasteiger partial charge in [-0.05, 0) is 33.2 Å². The molecule has 70 valence electrons. The van der Waals surface area contributed by atoms with Gasteiger partial charge in [-0.3, -0.25) is 0 Å². The van der Waals surface area contributed by atoms with Crippen LogP contribution >= 0.6 is 0 Å². The lowest BCUT2D eigenvalue weighted by atomic mass is 10.1. The van der Waals surface area contributed by atoms with Gasteiger partial charge in [0.25, 0.3) is 0 Å². The van der Waals surface area contributed by atoms with Gasteiger partial charge in [-0.2, -0.15) is 0 Å². The summed E-state index contributed by atoms with van der Waals surface area (Å²) in [6.45, 7) is 4.14. The molecule has 0 saturated carbocycles. The average Bonchev–Trinajstić information content (AvgIpc) is 2.10. The Bertz CT molecular complexity index is 141. The van der Waals surface area contributed by atoms with Crippen molar-refractivity contribution in [1.82, 2.24) is 5.32 Å². The summed E-state index contributed by atoms with van der Waals surface area (Å²) in [4.78, 5) is 0. The fraction of sp³-hybridized carbons (Fsp3) is 0.818. The van der Waals surface area contributed by atoms with Crippen molar-refractivity contribution in [2.75, 3.05) is 7.05 Å². The van der Waals surface area contributed by atoms with Crippen LogP contribution in [0.4, 0.5) is 0 Å². The van der Waals surface area contributed by atoms with Crippen molar-refractivity contribution in [2.24, 2.45) is 0 Å². The van der Waals surface area contributed by atoms with E-state index in [0.717, 1.165) is 6.42 Å². The Kier molecular flexibility index (Phi) is 8.27. The predicted octanol–water partition coefficient (Wildman–Crippen LogP) is 2.57. The van der Waals surface area contributed by atoms with E-state index in [0.29, 0.717) is 6.04 Å². The maximum absolute atomic E-state index is 3.33. The molecule has 0 aliphatic carbocycles. The first kappa shape index (κ1) is 11.5. The van der Waals surface area contributed by atoms with Gasteiger partial charge in [-0.15, -0.1) is 11.8 Å². The van der Waals surface area contributed by atoms with Gasteiger partial charge in [0.05, 0.1) is 0 Å². The third kappa shape index (κ3) is 6.24. The second-order valence-corrected chi connectivity index (χ2v) is 3.09. The summed E-state index contributed by atoms with van der Waals surface area (Å²) in [6.07, 6.45) is 6.10.